The highest BCUT2D eigenvalue weighted by molar-refractivity contribution is 6.34. The third-order valence-corrected chi connectivity index (χ3v) is 5.30. The van der Waals surface area contributed by atoms with Gasteiger partial charge in [0.25, 0.3) is 0 Å². The molecule has 0 aromatic heterocycles. The lowest BCUT2D eigenvalue weighted by atomic mass is 9.87. The Balaban J connectivity index is 0.00000117. The molecule has 1 atom stereocenters. The zero-order chi connectivity index (χ0) is 21.2. The molecule has 6 heteroatoms. The Labute approximate surface area is 174 Å². The topological polar surface area (TPSA) is 78.3 Å². The molecule has 3 aromatic carbocycles. The fraction of sp³-hybridized carbons (Fsp3) is 0.174. The monoisotopic (exact) mass is 412 g/mol. The third kappa shape index (κ3) is 3.71. The maximum absolute atomic E-state index is 14.8. The van der Waals surface area contributed by atoms with Crippen molar-refractivity contribution in [1.29, 1.82) is 0 Å². The normalized spacial score (nSPS) is 17.0. The first-order valence-electron chi connectivity index (χ1n) is 9.13. The van der Waals surface area contributed by atoms with E-state index >= 15 is 0 Å². The van der Waals surface area contributed by atoms with Crippen LogP contribution in [0, 0.1) is 5.82 Å². The summed E-state index contributed by atoms with van der Waals surface area (Å²) in [5.41, 5.74) is 11.8. The number of ether oxygens (including phenoxy) is 1. The highest BCUT2D eigenvalue weighted by atomic mass is 35.5. The van der Waals surface area contributed by atoms with Gasteiger partial charge in [0.1, 0.15) is 17.2 Å². The second-order valence-electron chi connectivity index (χ2n) is 6.80. The molecule has 4 nitrogen and oxygen atoms in total. The number of carbonyl (C=O) groups excluding carboxylic acids is 1. The van der Waals surface area contributed by atoms with Crippen LogP contribution in [0.25, 0.3) is 11.1 Å². The molecule has 1 amide bonds. The Bertz CT molecular complexity index is 1060. The van der Waals surface area contributed by atoms with Gasteiger partial charge in [-0.1, -0.05) is 48.0 Å². The van der Waals surface area contributed by atoms with E-state index in [4.69, 9.17) is 22.1 Å². The number of hydrogen-bond acceptors (Lipinski definition) is 3. The molecule has 150 valence electrons. The Morgan fingerprint density at radius 1 is 1.03 bits per heavy atom. The van der Waals surface area contributed by atoms with Crippen molar-refractivity contribution in [3.63, 3.8) is 0 Å². The first-order valence-corrected chi connectivity index (χ1v) is 9.51. The van der Waals surface area contributed by atoms with Gasteiger partial charge in [-0.05, 0) is 43.8 Å². The summed E-state index contributed by atoms with van der Waals surface area (Å²) in [6.45, 7) is 1.98. The van der Waals surface area contributed by atoms with Crippen LogP contribution in [-0.4, -0.2) is 13.0 Å². The van der Waals surface area contributed by atoms with E-state index in [1.165, 1.54) is 25.2 Å². The number of fused-ring (bicyclic) bond motifs is 1. The minimum atomic E-state index is -0.706. The van der Waals surface area contributed by atoms with Gasteiger partial charge in [-0.2, -0.15) is 0 Å². The maximum atomic E-state index is 14.8. The van der Waals surface area contributed by atoms with Crippen molar-refractivity contribution in [3.05, 3.63) is 88.2 Å². The maximum Gasteiger partial charge on any atom is 0.249 e. The van der Waals surface area contributed by atoms with Gasteiger partial charge < -0.3 is 16.2 Å². The van der Waals surface area contributed by atoms with Crippen LogP contribution in [0.2, 0.25) is 5.02 Å². The smallest absolute Gasteiger partial charge is 0.249 e. The zero-order valence-electron chi connectivity index (χ0n) is 16.2. The molecular weight excluding hydrogens is 391 g/mol. The summed E-state index contributed by atoms with van der Waals surface area (Å²) in [4.78, 5) is 11.9. The van der Waals surface area contributed by atoms with Crippen molar-refractivity contribution >= 4 is 17.5 Å². The minimum Gasteiger partial charge on any atom is -0.482 e. The summed E-state index contributed by atoms with van der Waals surface area (Å²) in [5.74, 6) is -0.628. The Morgan fingerprint density at radius 2 is 1.72 bits per heavy atom. The van der Waals surface area contributed by atoms with Crippen molar-refractivity contribution in [3.8, 4) is 16.9 Å². The molecule has 0 saturated heterocycles. The molecule has 0 radical (unpaired) electrons. The van der Waals surface area contributed by atoms with E-state index in [0.29, 0.717) is 22.8 Å². The predicted molar refractivity (Wildman–Crippen MR) is 114 cm³/mol. The van der Waals surface area contributed by atoms with Crippen molar-refractivity contribution in [1.82, 2.24) is 0 Å². The fourth-order valence-corrected chi connectivity index (χ4v) is 3.96. The van der Waals surface area contributed by atoms with E-state index in [0.717, 1.165) is 11.1 Å². The van der Waals surface area contributed by atoms with Crippen LogP contribution in [0.5, 0.6) is 5.75 Å². The van der Waals surface area contributed by atoms with Gasteiger partial charge in [0, 0.05) is 33.7 Å². The van der Waals surface area contributed by atoms with Crippen molar-refractivity contribution in [2.75, 3.05) is 7.05 Å². The zero-order valence-corrected chi connectivity index (χ0v) is 17.0. The first-order chi connectivity index (χ1) is 13.9. The summed E-state index contributed by atoms with van der Waals surface area (Å²) in [7, 11) is 1.50. The van der Waals surface area contributed by atoms with Gasteiger partial charge in [0.2, 0.25) is 5.91 Å². The molecule has 29 heavy (non-hydrogen) atoms. The largest absolute Gasteiger partial charge is 0.482 e. The number of primary amides is 1. The average Bonchev–Trinajstić information content (AvgIpc) is 3.08. The number of benzene rings is 3. The van der Waals surface area contributed by atoms with Gasteiger partial charge in [-0.25, -0.2) is 4.39 Å². The van der Waals surface area contributed by atoms with Crippen molar-refractivity contribution in [2.45, 2.75) is 18.9 Å². The molecule has 3 aromatic rings. The number of rotatable bonds is 3. The van der Waals surface area contributed by atoms with E-state index < -0.39 is 17.3 Å². The second-order valence-corrected chi connectivity index (χ2v) is 7.21. The van der Waals surface area contributed by atoms with Crippen molar-refractivity contribution in [2.24, 2.45) is 11.5 Å². The van der Waals surface area contributed by atoms with E-state index in [2.05, 4.69) is 5.73 Å². The Morgan fingerprint density at radius 3 is 2.38 bits per heavy atom. The molecule has 1 aliphatic heterocycles. The van der Waals surface area contributed by atoms with Gasteiger partial charge >= 0.3 is 0 Å². The van der Waals surface area contributed by atoms with Gasteiger partial charge in [0.05, 0.1) is 0 Å². The molecule has 0 saturated carbocycles. The van der Waals surface area contributed by atoms with E-state index in [1.807, 2.05) is 37.3 Å². The lowest BCUT2D eigenvalue weighted by molar-refractivity contribution is 0.100. The second kappa shape index (κ2) is 8.23. The standard InChI is InChI=1S/C22H17ClFNO2.CH5N/c1-22(13-6-3-2-4-7-13)12-15-18(27-22)11-10-16(23)19(15)20-14(21(25)26)8-5-9-17(20)24;1-2/h2-11H,12H2,1H3,(H2,25,26);2H2,1H3. The van der Waals surface area contributed by atoms with Crippen LogP contribution in [-0.2, 0) is 12.0 Å². The molecule has 1 unspecified atom stereocenters. The molecule has 0 aliphatic carbocycles. The first kappa shape index (κ1) is 20.8. The molecule has 1 aliphatic rings. The summed E-state index contributed by atoms with van der Waals surface area (Å²) in [6, 6.07) is 17.5. The van der Waals surface area contributed by atoms with Crippen LogP contribution < -0.4 is 16.2 Å². The Kier molecular flexibility index (Phi) is 5.91. The number of nitrogens with two attached hydrogens (primary N) is 2. The summed E-state index contributed by atoms with van der Waals surface area (Å²) in [5, 5.41) is 0.349. The predicted octanol–water partition coefficient (Wildman–Crippen LogP) is 4.67. The molecule has 0 fully saturated rings. The highest BCUT2D eigenvalue weighted by Crippen LogP contribution is 2.48. The third-order valence-electron chi connectivity index (χ3n) is 4.98. The highest BCUT2D eigenvalue weighted by Gasteiger charge is 2.39. The molecule has 1 heterocycles. The SMILES string of the molecule is CC1(c2ccccc2)Cc2c(ccc(Cl)c2-c2c(F)cccc2C(N)=O)O1.CN. The van der Waals surface area contributed by atoms with Gasteiger partial charge in [-0.3, -0.25) is 4.79 Å². The van der Waals surface area contributed by atoms with E-state index in [9.17, 15) is 9.18 Å². The number of carbonyl (C=O) groups is 1. The number of hydrogen-bond donors (Lipinski definition) is 2. The van der Waals surface area contributed by atoms with Crippen LogP contribution in [0.3, 0.4) is 0 Å². The lowest BCUT2D eigenvalue weighted by Gasteiger charge is -2.24. The van der Waals surface area contributed by atoms with Crippen LogP contribution in [0.15, 0.2) is 60.7 Å². The van der Waals surface area contributed by atoms with Crippen LogP contribution >= 0.6 is 11.6 Å². The molecule has 4 rings (SSSR count). The summed E-state index contributed by atoms with van der Waals surface area (Å²) in [6.07, 6.45) is 0.495. The van der Waals surface area contributed by atoms with Crippen molar-refractivity contribution < 1.29 is 13.9 Å². The van der Waals surface area contributed by atoms with Gasteiger partial charge in [-0.15, -0.1) is 0 Å². The molecule has 0 spiro atoms. The Hall–Kier alpha value is -2.89. The summed E-state index contributed by atoms with van der Waals surface area (Å²) >= 11 is 6.46. The van der Waals surface area contributed by atoms with E-state index in [1.54, 1.807) is 12.1 Å². The van der Waals surface area contributed by atoms with Crippen LogP contribution in [0.1, 0.15) is 28.4 Å². The fourth-order valence-electron chi connectivity index (χ4n) is 3.69. The number of halogens is 2. The lowest BCUT2D eigenvalue weighted by Crippen LogP contribution is -2.26. The number of amides is 1. The minimum absolute atomic E-state index is 0.0959. The summed E-state index contributed by atoms with van der Waals surface area (Å²) < 4.78 is 21.0. The molecular formula is C23H22ClFN2O2. The average molecular weight is 413 g/mol. The van der Waals surface area contributed by atoms with Gasteiger partial charge in [0.15, 0.2) is 0 Å². The molecule has 0 bridgehead atoms. The quantitative estimate of drug-likeness (QED) is 0.656. The van der Waals surface area contributed by atoms with E-state index in [-0.39, 0.29) is 11.1 Å². The molecule has 4 N–H and O–H groups in total. The van der Waals surface area contributed by atoms with Crippen LogP contribution in [0.4, 0.5) is 4.39 Å².